The van der Waals surface area contributed by atoms with Crippen LogP contribution in [0, 0.1) is 11.3 Å². The minimum atomic E-state index is 0.0158. The van der Waals surface area contributed by atoms with E-state index in [2.05, 4.69) is 16.0 Å². The van der Waals surface area contributed by atoms with Crippen molar-refractivity contribution in [2.24, 2.45) is 0 Å². The molecule has 1 fully saturated rings. The first kappa shape index (κ1) is 17.7. The number of hydrogen-bond donors (Lipinski definition) is 0. The van der Waals surface area contributed by atoms with Crippen LogP contribution in [0.2, 0.25) is 0 Å². The van der Waals surface area contributed by atoms with Crippen LogP contribution in [0.1, 0.15) is 40.0 Å². The van der Waals surface area contributed by atoms with Gasteiger partial charge in [0.25, 0.3) is 5.91 Å². The van der Waals surface area contributed by atoms with Gasteiger partial charge in [0.05, 0.1) is 17.3 Å². The molecule has 2 aliphatic rings. The van der Waals surface area contributed by atoms with Crippen molar-refractivity contribution in [3.63, 3.8) is 0 Å². The normalized spacial score (nSPS) is 16.5. The van der Waals surface area contributed by atoms with Gasteiger partial charge in [-0.1, -0.05) is 0 Å². The van der Waals surface area contributed by atoms with Crippen molar-refractivity contribution in [1.82, 2.24) is 19.5 Å². The van der Waals surface area contributed by atoms with Crippen molar-refractivity contribution >= 4 is 17.2 Å². The quantitative estimate of drug-likeness (QED) is 0.676. The van der Waals surface area contributed by atoms with Crippen LogP contribution < -0.4 is 4.90 Å². The van der Waals surface area contributed by atoms with Gasteiger partial charge in [-0.2, -0.15) is 10.4 Å². The molecule has 0 radical (unpaired) electrons. The standard InChI is InChI=1S/C22H22N6O/c23-15-16-5-7-17(8-6-16)22(29)27-13-11-26(12-14-27)21-20-18-3-1-2-4-19(18)25-28(20)10-9-24-21/h5-10H,1-4,11-14H2. The molecule has 3 aromatic rings. The summed E-state index contributed by atoms with van der Waals surface area (Å²) < 4.78 is 1.98. The minimum absolute atomic E-state index is 0.0158. The molecule has 0 atom stereocenters. The summed E-state index contributed by atoms with van der Waals surface area (Å²) in [6.45, 7) is 2.79. The van der Waals surface area contributed by atoms with E-state index in [4.69, 9.17) is 10.4 Å². The van der Waals surface area contributed by atoms with Gasteiger partial charge >= 0.3 is 0 Å². The molecule has 1 saturated heterocycles. The predicted molar refractivity (Wildman–Crippen MR) is 109 cm³/mol. The van der Waals surface area contributed by atoms with E-state index < -0.39 is 0 Å². The van der Waals surface area contributed by atoms with Gasteiger partial charge in [-0.3, -0.25) is 4.79 Å². The average Bonchev–Trinajstić information content (AvgIpc) is 3.18. The topological polar surface area (TPSA) is 77.5 Å². The largest absolute Gasteiger partial charge is 0.351 e. The van der Waals surface area contributed by atoms with E-state index in [1.165, 1.54) is 24.1 Å². The molecule has 0 N–H and O–H groups in total. The van der Waals surface area contributed by atoms with E-state index in [1.54, 1.807) is 24.3 Å². The molecule has 3 heterocycles. The molecular weight excluding hydrogens is 364 g/mol. The zero-order valence-electron chi connectivity index (χ0n) is 16.2. The third-order valence-corrected chi connectivity index (χ3v) is 5.93. The van der Waals surface area contributed by atoms with Crippen molar-refractivity contribution in [3.05, 3.63) is 59.0 Å². The first-order valence-electron chi connectivity index (χ1n) is 10.1. The maximum absolute atomic E-state index is 12.8. The fourth-order valence-electron chi connectivity index (χ4n) is 4.37. The smallest absolute Gasteiger partial charge is 0.253 e. The highest BCUT2D eigenvalue weighted by Crippen LogP contribution is 2.30. The molecule has 7 heteroatoms. The maximum Gasteiger partial charge on any atom is 0.253 e. The summed E-state index contributed by atoms with van der Waals surface area (Å²) in [5, 5.41) is 13.7. The van der Waals surface area contributed by atoms with Crippen molar-refractivity contribution < 1.29 is 4.79 Å². The van der Waals surface area contributed by atoms with E-state index in [-0.39, 0.29) is 5.91 Å². The minimum Gasteiger partial charge on any atom is -0.351 e. The number of amides is 1. The second kappa shape index (κ2) is 7.21. The molecule has 0 unspecified atom stereocenters. The van der Waals surface area contributed by atoms with Crippen molar-refractivity contribution in [2.45, 2.75) is 25.7 Å². The van der Waals surface area contributed by atoms with Crippen LogP contribution in [0.15, 0.2) is 36.7 Å². The summed E-state index contributed by atoms with van der Waals surface area (Å²) in [5.74, 6) is 0.996. The maximum atomic E-state index is 12.8. The Morgan fingerprint density at radius 3 is 2.55 bits per heavy atom. The number of carbonyl (C=O) groups is 1. The first-order valence-corrected chi connectivity index (χ1v) is 10.1. The molecule has 1 aliphatic carbocycles. The van der Waals surface area contributed by atoms with E-state index in [0.29, 0.717) is 24.2 Å². The molecule has 1 aliphatic heterocycles. The van der Waals surface area contributed by atoms with Crippen LogP contribution in [0.25, 0.3) is 5.52 Å². The average molecular weight is 386 g/mol. The molecule has 2 aromatic heterocycles. The van der Waals surface area contributed by atoms with Crippen LogP contribution in [-0.2, 0) is 12.8 Å². The van der Waals surface area contributed by atoms with Gasteiger partial charge in [0.1, 0.15) is 5.52 Å². The lowest BCUT2D eigenvalue weighted by molar-refractivity contribution is 0.0746. The molecule has 0 bridgehead atoms. The summed E-state index contributed by atoms with van der Waals surface area (Å²) in [6, 6.07) is 8.93. The molecule has 1 aromatic carbocycles. The Hall–Kier alpha value is -3.40. The highest BCUT2D eigenvalue weighted by atomic mass is 16.2. The van der Waals surface area contributed by atoms with E-state index in [1.807, 2.05) is 21.8 Å². The van der Waals surface area contributed by atoms with Crippen LogP contribution in [0.5, 0.6) is 0 Å². The van der Waals surface area contributed by atoms with Gasteiger partial charge in [0.15, 0.2) is 5.82 Å². The summed E-state index contributed by atoms with van der Waals surface area (Å²) in [4.78, 5) is 21.6. The fraction of sp³-hybridized carbons (Fsp3) is 0.364. The summed E-state index contributed by atoms with van der Waals surface area (Å²) in [5.41, 5.74) is 4.88. The van der Waals surface area contributed by atoms with Crippen molar-refractivity contribution in [3.8, 4) is 6.07 Å². The number of benzene rings is 1. The number of piperazine rings is 1. The summed E-state index contributed by atoms with van der Waals surface area (Å²) >= 11 is 0. The number of carbonyl (C=O) groups excluding carboxylic acids is 1. The van der Waals surface area contributed by atoms with Gasteiger partial charge < -0.3 is 9.80 Å². The van der Waals surface area contributed by atoms with Gasteiger partial charge in [0, 0.05) is 49.7 Å². The van der Waals surface area contributed by atoms with Crippen molar-refractivity contribution in [1.29, 1.82) is 5.26 Å². The van der Waals surface area contributed by atoms with Gasteiger partial charge in [-0.25, -0.2) is 9.50 Å². The third kappa shape index (κ3) is 3.11. The molecule has 0 saturated carbocycles. The Bertz CT molecular complexity index is 1100. The van der Waals surface area contributed by atoms with E-state index in [0.717, 1.165) is 37.3 Å². The number of fused-ring (bicyclic) bond motifs is 3. The fourth-order valence-corrected chi connectivity index (χ4v) is 4.37. The second-order valence-electron chi connectivity index (χ2n) is 7.64. The number of hydrogen-bond acceptors (Lipinski definition) is 5. The lowest BCUT2D eigenvalue weighted by Crippen LogP contribution is -2.49. The van der Waals surface area contributed by atoms with Crippen LogP contribution >= 0.6 is 0 Å². The molecule has 7 nitrogen and oxygen atoms in total. The second-order valence-corrected chi connectivity index (χ2v) is 7.64. The number of rotatable bonds is 2. The molecule has 29 heavy (non-hydrogen) atoms. The van der Waals surface area contributed by atoms with Crippen LogP contribution in [-0.4, -0.2) is 51.6 Å². The predicted octanol–water partition coefficient (Wildman–Crippen LogP) is 2.44. The molecular formula is C22H22N6O. The lowest BCUT2D eigenvalue weighted by atomic mass is 9.97. The summed E-state index contributed by atoms with van der Waals surface area (Å²) in [6.07, 6.45) is 8.26. The Balaban J connectivity index is 1.35. The van der Waals surface area contributed by atoms with Gasteiger partial charge in [-0.05, 0) is 49.9 Å². The Labute approximate surface area is 169 Å². The van der Waals surface area contributed by atoms with Gasteiger partial charge in [-0.15, -0.1) is 0 Å². The molecule has 1 amide bonds. The molecule has 5 rings (SSSR count). The zero-order chi connectivity index (χ0) is 19.8. The number of aryl methyl sites for hydroxylation is 2. The van der Waals surface area contributed by atoms with Gasteiger partial charge in [0.2, 0.25) is 0 Å². The van der Waals surface area contributed by atoms with E-state index >= 15 is 0 Å². The Morgan fingerprint density at radius 1 is 1.03 bits per heavy atom. The van der Waals surface area contributed by atoms with Crippen molar-refractivity contribution in [2.75, 3.05) is 31.1 Å². The van der Waals surface area contributed by atoms with Crippen LogP contribution in [0.4, 0.5) is 5.82 Å². The number of anilines is 1. The third-order valence-electron chi connectivity index (χ3n) is 5.93. The Morgan fingerprint density at radius 2 is 1.79 bits per heavy atom. The number of nitriles is 1. The number of aromatic nitrogens is 3. The monoisotopic (exact) mass is 386 g/mol. The zero-order valence-corrected chi connectivity index (χ0v) is 16.2. The number of nitrogens with zero attached hydrogens (tertiary/aromatic N) is 6. The Kier molecular flexibility index (Phi) is 4.39. The van der Waals surface area contributed by atoms with Crippen LogP contribution in [0.3, 0.4) is 0 Å². The molecule has 0 spiro atoms. The first-order chi connectivity index (χ1) is 14.2. The highest BCUT2D eigenvalue weighted by Gasteiger charge is 2.26. The lowest BCUT2D eigenvalue weighted by Gasteiger charge is -2.35. The highest BCUT2D eigenvalue weighted by molar-refractivity contribution is 5.94. The van der Waals surface area contributed by atoms with E-state index in [9.17, 15) is 4.79 Å². The SMILES string of the molecule is N#Cc1ccc(C(=O)N2CCN(c3nccn4nc5c(c34)CCCC5)CC2)cc1. The summed E-state index contributed by atoms with van der Waals surface area (Å²) in [7, 11) is 0. The molecule has 146 valence electrons.